The number of rotatable bonds is 5. The van der Waals surface area contributed by atoms with Gasteiger partial charge in [0.1, 0.15) is 0 Å². The average molecular weight is 272 g/mol. The number of aromatic nitrogens is 1. The van der Waals surface area contributed by atoms with Crippen molar-refractivity contribution in [2.24, 2.45) is 5.73 Å². The van der Waals surface area contributed by atoms with Crippen LogP contribution in [0.5, 0.6) is 11.5 Å². The molecule has 1 aliphatic heterocycles. The van der Waals surface area contributed by atoms with Gasteiger partial charge in [-0.1, -0.05) is 12.1 Å². The van der Waals surface area contributed by atoms with E-state index in [-0.39, 0.29) is 12.9 Å². The van der Waals surface area contributed by atoms with Gasteiger partial charge in [0.05, 0.1) is 12.7 Å². The molecule has 0 spiro atoms. The molecule has 0 saturated heterocycles. The lowest BCUT2D eigenvalue weighted by Crippen LogP contribution is -2.16. The molecule has 0 bridgehead atoms. The van der Waals surface area contributed by atoms with Gasteiger partial charge in [0.15, 0.2) is 11.5 Å². The Bertz CT molecular complexity index is 575. The number of hydrogen-bond donors (Lipinski definition) is 1. The van der Waals surface area contributed by atoms with Crippen LogP contribution in [0.2, 0.25) is 0 Å². The van der Waals surface area contributed by atoms with Crippen LogP contribution in [0.15, 0.2) is 42.7 Å². The fraction of sp³-hybridized carbons (Fsp3) is 0.267. The normalized spacial score (nSPS) is 14.2. The van der Waals surface area contributed by atoms with Gasteiger partial charge in [-0.3, -0.25) is 4.98 Å². The Balaban J connectivity index is 1.66. The molecule has 5 heteroatoms. The van der Waals surface area contributed by atoms with E-state index < -0.39 is 0 Å². The van der Waals surface area contributed by atoms with Crippen molar-refractivity contribution in [1.29, 1.82) is 0 Å². The molecule has 2 aromatic rings. The lowest BCUT2D eigenvalue weighted by molar-refractivity contribution is 0.0453. The van der Waals surface area contributed by atoms with Crippen molar-refractivity contribution in [1.82, 2.24) is 4.98 Å². The molecule has 0 saturated carbocycles. The first-order valence-corrected chi connectivity index (χ1v) is 6.47. The van der Waals surface area contributed by atoms with E-state index in [1.54, 1.807) is 12.4 Å². The van der Waals surface area contributed by atoms with Crippen LogP contribution < -0.4 is 15.2 Å². The van der Waals surface area contributed by atoms with Gasteiger partial charge in [0, 0.05) is 24.5 Å². The van der Waals surface area contributed by atoms with E-state index in [1.165, 1.54) is 0 Å². The van der Waals surface area contributed by atoms with Crippen LogP contribution in [0.4, 0.5) is 0 Å². The number of pyridine rings is 1. The van der Waals surface area contributed by atoms with Gasteiger partial charge in [0.2, 0.25) is 6.79 Å². The summed E-state index contributed by atoms with van der Waals surface area (Å²) in [5, 5.41) is 0. The molecular formula is C15H16N2O3. The van der Waals surface area contributed by atoms with Crippen LogP contribution in [-0.4, -0.2) is 18.3 Å². The topological polar surface area (TPSA) is 66.6 Å². The Morgan fingerprint density at radius 1 is 1.25 bits per heavy atom. The maximum Gasteiger partial charge on any atom is 0.231 e. The van der Waals surface area contributed by atoms with Gasteiger partial charge in [-0.05, 0) is 23.8 Å². The van der Waals surface area contributed by atoms with Crippen molar-refractivity contribution >= 4 is 0 Å². The number of fused-ring (bicyclic) bond motifs is 1. The maximum absolute atomic E-state index is 5.86. The highest BCUT2D eigenvalue weighted by molar-refractivity contribution is 5.44. The zero-order valence-corrected chi connectivity index (χ0v) is 11.0. The first-order chi connectivity index (χ1) is 9.86. The highest BCUT2D eigenvalue weighted by Gasteiger charge is 2.15. The van der Waals surface area contributed by atoms with Crippen LogP contribution in [0.25, 0.3) is 0 Å². The summed E-state index contributed by atoms with van der Waals surface area (Å²) in [6.45, 7) is 1.16. The first-order valence-electron chi connectivity index (χ1n) is 6.47. The Morgan fingerprint density at radius 3 is 2.95 bits per heavy atom. The summed E-state index contributed by atoms with van der Waals surface area (Å²) in [5.74, 6) is 1.54. The number of hydrogen-bond acceptors (Lipinski definition) is 5. The summed E-state index contributed by atoms with van der Waals surface area (Å²) in [6, 6.07) is 9.62. The minimum Gasteiger partial charge on any atom is -0.454 e. The van der Waals surface area contributed by atoms with E-state index in [9.17, 15) is 0 Å². The molecule has 3 rings (SSSR count). The second-order valence-electron chi connectivity index (χ2n) is 4.51. The van der Waals surface area contributed by atoms with Gasteiger partial charge < -0.3 is 19.9 Å². The minimum atomic E-state index is -0.158. The molecule has 0 amide bonds. The van der Waals surface area contributed by atoms with Crippen molar-refractivity contribution < 1.29 is 14.2 Å². The standard InChI is InChI=1S/C15H16N2O3/c16-7-15(12-2-1-5-17-8-12)18-9-11-3-4-13-14(6-11)20-10-19-13/h1-6,8,15H,7,9-10,16H2. The lowest BCUT2D eigenvalue weighted by atomic mass is 10.1. The molecule has 20 heavy (non-hydrogen) atoms. The minimum absolute atomic E-state index is 0.158. The summed E-state index contributed by atoms with van der Waals surface area (Å²) in [4.78, 5) is 4.08. The molecule has 2 N–H and O–H groups in total. The van der Waals surface area contributed by atoms with Crippen LogP contribution >= 0.6 is 0 Å². The highest BCUT2D eigenvalue weighted by Crippen LogP contribution is 2.33. The second kappa shape index (κ2) is 5.90. The Hall–Kier alpha value is -2.11. The summed E-state index contributed by atoms with van der Waals surface area (Å²) in [6.07, 6.45) is 3.35. The van der Waals surface area contributed by atoms with E-state index in [0.29, 0.717) is 13.2 Å². The van der Waals surface area contributed by atoms with Gasteiger partial charge in [-0.25, -0.2) is 0 Å². The molecule has 1 aromatic heterocycles. The third-order valence-corrected chi connectivity index (χ3v) is 3.16. The summed E-state index contributed by atoms with van der Waals surface area (Å²) in [7, 11) is 0. The quantitative estimate of drug-likeness (QED) is 0.902. The van der Waals surface area contributed by atoms with Gasteiger partial charge in [0.25, 0.3) is 0 Å². The predicted molar refractivity (Wildman–Crippen MR) is 73.4 cm³/mol. The third kappa shape index (κ3) is 2.74. The van der Waals surface area contributed by atoms with E-state index in [4.69, 9.17) is 19.9 Å². The Kier molecular flexibility index (Phi) is 3.80. The molecular weight excluding hydrogens is 256 g/mol. The lowest BCUT2D eigenvalue weighted by Gasteiger charge is -2.16. The van der Waals surface area contributed by atoms with E-state index in [1.807, 2.05) is 30.3 Å². The molecule has 1 atom stereocenters. The highest BCUT2D eigenvalue weighted by atomic mass is 16.7. The van der Waals surface area contributed by atoms with Crippen LogP contribution in [0.3, 0.4) is 0 Å². The smallest absolute Gasteiger partial charge is 0.231 e. The van der Waals surface area contributed by atoms with E-state index in [0.717, 1.165) is 22.6 Å². The van der Waals surface area contributed by atoms with Gasteiger partial charge in [-0.2, -0.15) is 0 Å². The summed E-state index contributed by atoms with van der Waals surface area (Å²) >= 11 is 0. The third-order valence-electron chi connectivity index (χ3n) is 3.16. The summed E-state index contributed by atoms with van der Waals surface area (Å²) in [5.41, 5.74) is 7.77. The maximum atomic E-state index is 5.86. The average Bonchev–Trinajstić information content (AvgIpc) is 2.96. The molecule has 1 aliphatic rings. The van der Waals surface area contributed by atoms with Gasteiger partial charge in [-0.15, -0.1) is 0 Å². The Labute approximate surface area is 117 Å². The van der Waals surface area contributed by atoms with Crippen molar-refractivity contribution in [3.05, 3.63) is 53.9 Å². The first kappa shape index (κ1) is 12.9. The van der Waals surface area contributed by atoms with Crippen LogP contribution in [0.1, 0.15) is 17.2 Å². The molecule has 2 heterocycles. The number of benzene rings is 1. The van der Waals surface area contributed by atoms with E-state index >= 15 is 0 Å². The molecule has 1 aromatic carbocycles. The number of ether oxygens (including phenoxy) is 3. The summed E-state index contributed by atoms with van der Waals surface area (Å²) < 4.78 is 16.5. The molecule has 5 nitrogen and oxygen atoms in total. The van der Waals surface area contributed by atoms with Crippen LogP contribution in [-0.2, 0) is 11.3 Å². The second-order valence-corrected chi connectivity index (χ2v) is 4.51. The zero-order valence-electron chi connectivity index (χ0n) is 11.0. The molecule has 0 aliphatic carbocycles. The van der Waals surface area contributed by atoms with Gasteiger partial charge >= 0.3 is 0 Å². The monoisotopic (exact) mass is 272 g/mol. The van der Waals surface area contributed by atoms with E-state index in [2.05, 4.69) is 4.98 Å². The Morgan fingerprint density at radius 2 is 2.15 bits per heavy atom. The fourth-order valence-corrected chi connectivity index (χ4v) is 2.09. The zero-order chi connectivity index (χ0) is 13.8. The number of nitrogens with zero attached hydrogens (tertiary/aromatic N) is 1. The fourth-order valence-electron chi connectivity index (χ4n) is 2.09. The predicted octanol–water partition coefficient (Wildman–Crippen LogP) is 2.03. The number of nitrogens with two attached hydrogens (primary N) is 1. The SMILES string of the molecule is NCC(OCc1ccc2c(c1)OCO2)c1cccnc1. The van der Waals surface area contributed by atoms with Crippen LogP contribution in [0, 0.1) is 0 Å². The van der Waals surface area contributed by atoms with Crippen molar-refractivity contribution in [2.75, 3.05) is 13.3 Å². The molecule has 0 fully saturated rings. The van der Waals surface area contributed by atoms with Crippen molar-refractivity contribution in [2.45, 2.75) is 12.7 Å². The molecule has 0 radical (unpaired) electrons. The molecule has 104 valence electrons. The largest absolute Gasteiger partial charge is 0.454 e. The van der Waals surface area contributed by atoms with Crippen molar-refractivity contribution in [3.63, 3.8) is 0 Å². The van der Waals surface area contributed by atoms with Crippen molar-refractivity contribution in [3.8, 4) is 11.5 Å². The molecule has 1 unspecified atom stereocenters.